The van der Waals surface area contributed by atoms with Crippen LogP contribution in [0.1, 0.15) is 19.3 Å². The molecule has 0 radical (unpaired) electrons. The minimum Gasteiger partial charge on any atom is -0.392 e. The number of aliphatic hydroxyl groups is 2. The fourth-order valence-corrected chi connectivity index (χ4v) is 1.83. The van der Waals surface area contributed by atoms with Crippen molar-refractivity contribution >= 4 is 0 Å². The Labute approximate surface area is 79.0 Å². The molecule has 1 aliphatic carbocycles. The molecular weight excluding hydrogens is 168 g/mol. The number of allylic oxidation sites excluding steroid dienone is 1. The largest absolute Gasteiger partial charge is 0.392 e. The highest BCUT2D eigenvalue weighted by Gasteiger charge is 2.27. The Morgan fingerprint density at radius 2 is 2.23 bits per heavy atom. The molecule has 0 amide bonds. The van der Waals surface area contributed by atoms with Gasteiger partial charge in [-0.25, -0.2) is 0 Å². The summed E-state index contributed by atoms with van der Waals surface area (Å²) in [5, 5.41) is 18.1. The average molecular weight is 186 g/mol. The topological polar surface area (TPSA) is 49.7 Å². The maximum absolute atomic E-state index is 9.51. The van der Waals surface area contributed by atoms with Crippen LogP contribution in [0.5, 0.6) is 0 Å². The maximum Gasteiger partial charge on any atom is 0.0835 e. The summed E-state index contributed by atoms with van der Waals surface area (Å²) in [6, 6.07) is 0. The second-order valence-electron chi connectivity index (χ2n) is 3.53. The van der Waals surface area contributed by atoms with Crippen molar-refractivity contribution in [1.29, 1.82) is 0 Å². The molecule has 3 atom stereocenters. The Kier molecular flexibility index (Phi) is 4.42. The van der Waals surface area contributed by atoms with Crippen LogP contribution in [0.25, 0.3) is 0 Å². The lowest BCUT2D eigenvalue weighted by Crippen LogP contribution is -2.34. The molecule has 0 aromatic heterocycles. The van der Waals surface area contributed by atoms with E-state index in [1.807, 2.05) is 6.08 Å². The van der Waals surface area contributed by atoms with Crippen LogP contribution in [-0.4, -0.2) is 36.1 Å². The van der Waals surface area contributed by atoms with Crippen molar-refractivity contribution in [3.8, 4) is 0 Å². The van der Waals surface area contributed by atoms with Crippen LogP contribution < -0.4 is 0 Å². The molecule has 13 heavy (non-hydrogen) atoms. The van der Waals surface area contributed by atoms with Gasteiger partial charge in [0.1, 0.15) is 0 Å². The molecule has 1 fully saturated rings. The lowest BCUT2D eigenvalue weighted by atomic mass is 9.85. The van der Waals surface area contributed by atoms with Gasteiger partial charge in [-0.15, -0.1) is 0 Å². The molecule has 0 heterocycles. The molecule has 0 spiro atoms. The van der Waals surface area contributed by atoms with Crippen molar-refractivity contribution in [3.05, 3.63) is 12.2 Å². The van der Waals surface area contributed by atoms with Crippen LogP contribution in [-0.2, 0) is 4.74 Å². The van der Waals surface area contributed by atoms with E-state index in [9.17, 15) is 5.11 Å². The Morgan fingerprint density at radius 3 is 2.85 bits per heavy atom. The summed E-state index contributed by atoms with van der Waals surface area (Å²) in [7, 11) is 1.63. The number of methoxy groups -OCH3 is 1. The summed E-state index contributed by atoms with van der Waals surface area (Å²) >= 11 is 0. The molecule has 0 bridgehead atoms. The van der Waals surface area contributed by atoms with Gasteiger partial charge in [0.15, 0.2) is 0 Å². The molecule has 76 valence electrons. The van der Waals surface area contributed by atoms with E-state index < -0.39 is 0 Å². The third kappa shape index (κ3) is 3.10. The first-order valence-electron chi connectivity index (χ1n) is 4.76. The predicted octanol–water partition coefficient (Wildman–Crippen LogP) is 0.711. The van der Waals surface area contributed by atoms with Crippen molar-refractivity contribution in [2.24, 2.45) is 5.92 Å². The Morgan fingerprint density at radius 1 is 1.46 bits per heavy atom. The quantitative estimate of drug-likeness (QED) is 0.638. The zero-order valence-corrected chi connectivity index (χ0v) is 8.02. The summed E-state index contributed by atoms with van der Waals surface area (Å²) in [5.41, 5.74) is 0. The van der Waals surface area contributed by atoms with Crippen LogP contribution in [0.2, 0.25) is 0 Å². The first kappa shape index (κ1) is 10.7. The number of ether oxygens (including phenoxy) is 1. The SMILES string of the molecule is COC1CC(/C=C/CO)CCC1O. The van der Waals surface area contributed by atoms with Crippen molar-refractivity contribution in [2.45, 2.75) is 31.5 Å². The molecule has 0 aromatic rings. The second kappa shape index (κ2) is 5.37. The van der Waals surface area contributed by atoms with Gasteiger partial charge in [0, 0.05) is 7.11 Å². The van der Waals surface area contributed by atoms with E-state index in [1.165, 1.54) is 0 Å². The van der Waals surface area contributed by atoms with Gasteiger partial charge in [-0.3, -0.25) is 0 Å². The van der Waals surface area contributed by atoms with Crippen LogP contribution in [0.15, 0.2) is 12.2 Å². The Balaban J connectivity index is 2.40. The van der Waals surface area contributed by atoms with Crippen LogP contribution in [0.4, 0.5) is 0 Å². The molecule has 1 saturated carbocycles. The van der Waals surface area contributed by atoms with Gasteiger partial charge >= 0.3 is 0 Å². The van der Waals surface area contributed by atoms with Crippen molar-refractivity contribution in [1.82, 2.24) is 0 Å². The van der Waals surface area contributed by atoms with Gasteiger partial charge in [0.25, 0.3) is 0 Å². The van der Waals surface area contributed by atoms with Gasteiger partial charge in [-0.05, 0) is 25.2 Å². The van der Waals surface area contributed by atoms with Gasteiger partial charge in [-0.1, -0.05) is 12.2 Å². The molecule has 1 rings (SSSR count). The van der Waals surface area contributed by atoms with Gasteiger partial charge < -0.3 is 14.9 Å². The van der Waals surface area contributed by atoms with E-state index in [1.54, 1.807) is 13.2 Å². The Bertz CT molecular complexity index is 168. The average Bonchev–Trinajstić information content (AvgIpc) is 2.16. The molecule has 2 N–H and O–H groups in total. The molecule has 3 unspecified atom stereocenters. The van der Waals surface area contributed by atoms with Crippen LogP contribution in [0, 0.1) is 5.92 Å². The van der Waals surface area contributed by atoms with Crippen LogP contribution in [0.3, 0.4) is 0 Å². The zero-order chi connectivity index (χ0) is 9.68. The molecule has 1 aliphatic rings. The van der Waals surface area contributed by atoms with Crippen LogP contribution >= 0.6 is 0 Å². The van der Waals surface area contributed by atoms with E-state index in [2.05, 4.69) is 0 Å². The zero-order valence-electron chi connectivity index (χ0n) is 8.02. The fraction of sp³-hybridized carbons (Fsp3) is 0.800. The summed E-state index contributed by atoms with van der Waals surface area (Å²) in [6.45, 7) is 0.0940. The highest BCUT2D eigenvalue weighted by Crippen LogP contribution is 2.27. The number of hydrogen-bond donors (Lipinski definition) is 2. The van der Waals surface area contributed by atoms with Crippen molar-refractivity contribution in [3.63, 3.8) is 0 Å². The first-order valence-corrected chi connectivity index (χ1v) is 4.76. The normalized spacial score (nSPS) is 35.5. The highest BCUT2D eigenvalue weighted by molar-refractivity contribution is 4.93. The maximum atomic E-state index is 9.51. The highest BCUT2D eigenvalue weighted by atomic mass is 16.5. The van der Waals surface area contributed by atoms with Gasteiger partial charge in [0.05, 0.1) is 18.8 Å². The van der Waals surface area contributed by atoms with E-state index in [4.69, 9.17) is 9.84 Å². The summed E-state index contributed by atoms with van der Waals surface area (Å²) < 4.78 is 5.17. The predicted molar refractivity (Wildman–Crippen MR) is 50.4 cm³/mol. The lowest BCUT2D eigenvalue weighted by molar-refractivity contribution is -0.0449. The van der Waals surface area contributed by atoms with Crippen molar-refractivity contribution in [2.75, 3.05) is 13.7 Å². The van der Waals surface area contributed by atoms with E-state index in [-0.39, 0.29) is 18.8 Å². The molecule has 0 aliphatic heterocycles. The first-order chi connectivity index (χ1) is 6.27. The third-order valence-corrected chi connectivity index (χ3v) is 2.61. The minimum absolute atomic E-state index is 0.0397. The van der Waals surface area contributed by atoms with Crippen molar-refractivity contribution < 1.29 is 14.9 Å². The number of aliphatic hydroxyl groups excluding tert-OH is 2. The standard InChI is InChI=1S/C10H18O3/c1-13-10-7-8(3-2-6-11)4-5-9(10)12/h2-3,8-12H,4-7H2,1H3/b3-2+. The number of rotatable bonds is 3. The summed E-state index contributed by atoms with van der Waals surface area (Å²) in [4.78, 5) is 0. The minimum atomic E-state index is -0.316. The van der Waals surface area contributed by atoms with E-state index in [0.29, 0.717) is 5.92 Å². The van der Waals surface area contributed by atoms with Gasteiger partial charge in [0.2, 0.25) is 0 Å². The van der Waals surface area contributed by atoms with E-state index in [0.717, 1.165) is 19.3 Å². The monoisotopic (exact) mass is 186 g/mol. The second-order valence-corrected chi connectivity index (χ2v) is 3.53. The number of hydrogen-bond acceptors (Lipinski definition) is 3. The molecule has 0 saturated heterocycles. The molecule has 0 aromatic carbocycles. The summed E-state index contributed by atoms with van der Waals surface area (Å²) in [6.07, 6.45) is 6.04. The Hall–Kier alpha value is -0.380. The smallest absolute Gasteiger partial charge is 0.0835 e. The third-order valence-electron chi connectivity index (χ3n) is 2.61. The molecular formula is C10H18O3. The lowest BCUT2D eigenvalue weighted by Gasteiger charge is -2.30. The van der Waals surface area contributed by atoms with Gasteiger partial charge in [-0.2, -0.15) is 0 Å². The summed E-state index contributed by atoms with van der Waals surface area (Å²) in [5.74, 6) is 0.445. The molecule has 3 nitrogen and oxygen atoms in total. The molecule has 3 heteroatoms. The van der Waals surface area contributed by atoms with E-state index >= 15 is 0 Å². The fourth-order valence-electron chi connectivity index (χ4n) is 1.83.